The standard InChI is InChI=1S/C23H21FN4O2/c1-13-21-18(17-5-3-4-6-19(17)28-21)11-20(26-13)23(30)27-14(2)22(29)25-12-15-7-9-16(24)10-8-15/h3-11,14,28H,12H2,1-2H3,(H,25,29)(H,27,30)/t14-/m0/s1. The molecule has 6 nitrogen and oxygen atoms in total. The van der Waals surface area contributed by atoms with Crippen molar-refractivity contribution in [3.05, 3.63) is 77.4 Å². The van der Waals surface area contributed by atoms with Gasteiger partial charge in [-0.1, -0.05) is 30.3 Å². The highest BCUT2D eigenvalue weighted by Gasteiger charge is 2.19. The number of carbonyl (C=O) groups is 2. The topological polar surface area (TPSA) is 86.9 Å². The molecule has 0 aliphatic heterocycles. The highest BCUT2D eigenvalue weighted by Crippen LogP contribution is 2.27. The maximum absolute atomic E-state index is 13.0. The van der Waals surface area contributed by atoms with Crippen molar-refractivity contribution in [1.82, 2.24) is 20.6 Å². The molecule has 4 aromatic rings. The highest BCUT2D eigenvalue weighted by molar-refractivity contribution is 6.10. The van der Waals surface area contributed by atoms with Gasteiger partial charge in [-0.25, -0.2) is 9.37 Å². The van der Waals surface area contributed by atoms with Gasteiger partial charge in [0, 0.05) is 22.8 Å². The fourth-order valence-electron chi connectivity index (χ4n) is 3.40. The average molecular weight is 404 g/mol. The van der Waals surface area contributed by atoms with Gasteiger partial charge in [0.25, 0.3) is 5.91 Å². The Hall–Kier alpha value is -3.74. The van der Waals surface area contributed by atoms with Crippen molar-refractivity contribution in [3.8, 4) is 0 Å². The summed E-state index contributed by atoms with van der Waals surface area (Å²) in [6, 6.07) is 14.7. The lowest BCUT2D eigenvalue weighted by Crippen LogP contribution is -2.44. The van der Waals surface area contributed by atoms with Gasteiger partial charge in [-0.05, 0) is 43.7 Å². The number of amides is 2. The molecule has 3 N–H and O–H groups in total. The Labute approximate surface area is 172 Å². The Bertz CT molecular complexity index is 1250. The molecule has 0 unspecified atom stereocenters. The van der Waals surface area contributed by atoms with Crippen molar-refractivity contribution in [2.45, 2.75) is 26.4 Å². The zero-order chi connectivity index (χ0) is 21.3. The van der Waals surface area contributed by atoms with Gasteiger partial charge < -0.3 is 15.6 Å². The van der Waals surface area contributed by atoms with Crippen LogP contribution in [-0.4, -0.2) is 27.8 Å². The molecule has 2 amide bonds. The molecule has 2 aromatic carbocycles. The minimum absolute atomic E-state index is 0.248. The Balaban J connectivity index is 1.47. The average Bonchev–Trinajstić information content (AvgIpc) is 3.12. The Kier molecular flexibility index (Phi) is 5.18. The maximum atomic E-state index is 13.0. The van der Waals surface area contributed by atoms with Crippen LogP contribution in [0, 0.1) is 12.7 Å². The molecule has 0 aliphatic rings. The van der Waals surface area contributed by atoms with Crippen LogP contribution in [0.2, 0.25) is 0 Å². The number of aromatic nitrogens is 2. The van der Waals surface area contributed by atoms with Crippen LogP contribution in [0.5, 0.6) is 0 Å². The Morgan fingerprint density at radius 3 is 2.60 bits per heavy atom. The van der Waals surface area contributed by atoms with Gasteiger partial charge in [-0.3, -0.25) is 9.59 Å². The number of rotatable bonds is 5. The maximum Gasteiger partial charge on any atom is 0.270 e. The van der Waals surface area contributed by atoms with E-state index in [1.165, 1.54) is 12.1 Å². The molecule has 0 saturated heterocycles. The predicted molar refractivity (Wildman–Crippen MR) is 114 cm³/mol. The number of pyridine rings is 1. The second-order valence-electron chi connectivity index (χ2n) is 7.23. The van der Waals surface area contributed by atoms with Gasteiger partial charge in [-0.15, -0.1) is 0 Å². The first kappa shape index (κ1) is 19.6. The van der Waals surface area contributed by atoms with Gasteiger partial charge in [0.15, 0.2) is 0 Å². The van der Waals surface area contributed by atoms with Crippen molar-refractivity contribution in [3.63, 3.8) is 0 Å². The zero-order valence-electron chi connectivity index (χ0n) is 16.6. The van der Waals surface area contributed by atoms with E-state index in [0.29, 0.717) is 5.69 Å². The lowest BCUT2D eigenvalue weighted by atomic mass is 10.1. The number of para-hydroxylation sites is 1. The van der Waals surface area contributed by atoms with Crippen LogP contribution in [0.15, 0.2) is 54.6 Å². The highest BCUT2D eigenvalue weighted by atomic mass is 19.1. The minimum Gasteiger partial charge on any atom is -0.353 e. The van der Waals surface area contributed by atoms with E-state index in [4.69, 9.17) is 0 Å². The summed E-state index contributed by atoms with van der Waals surface area (Å²) in [5.74, 6) is -1.09. The molecule has 1 atom stereocenters. The smallest absolute Gasteiger partial charge is 0.270 e. The van der Waals surface area contributed by atoms with E-state index in [9.17, 15) is 14.0 Å². The van der Waals surface area contributed by atoms with E-state index in [1.807, 2.05) is 31.2 Å². The molecule has 0 spiro atoms. The molecular formula is C23H21FN4O2. The summed E-state index contributed by atoms with van der Waals surface area (Å²) in [6.45, 7) is 3.69. The molecule has 152 valence electrons. The lowest BCUT2D eigenvalue weighted by molar-refractivity contribution is -0.122. The molecule has 7 heteroatoms. The van der Waals surface area contributed by atoms with Crippen molar-refractivity contribution in [2.24, 2.45) is 0 Å². The number of benzene rings is 2. The van der Waals surface area contributed by atoms with Crippen molar-refractivity contribution in [2.75, 3.05) is 0 Å². The van der Waals surface area contributed by atoms with Crippen LogP contribution >= 0.6 is 0 Å². The van der Waals surface area contributed by atoms with E-state index in [-0.39, 0.29) is 24.0 Å². The summed E-state index contributed by atoms with van der Waals surface area (Å²) >= 11 is 0. The Morgan fingerprint density at radius 1 is 1.10 bits per heavy atom. The number of nitrogens with one attached hydrogen (secondary N) is 3. The van der Waals surface area contributed by atoms with Crippen LogP contribution in [0.4, 0.5) is 4.39 Å². The third kappa shape index (κ3) is 3.87. The summed E-state index contributed by atoms with van der Waals surface area (Å²) in [5, 5.41) is 7.35. The molecule has 4 rings (SSSR count). The van der Waals surface area contributed by atoms with Crippen LogP contribution in [0.25, 0.3) is 21.8 Å². The second-order valence-corrected chi connectivity index (χ2v) is 7.23. The lowest BCUT2D eigenvalue weighted by Gasteiger charge is -2.14. The second kappa shape index (κ2) is 7.94. The predicted octanol–water partition coefficient (Wildman–Crippen LogP) is 3.60. The molecule has 2 aromatic heterocycles. The van der Waals surface area contributed by atoms with Crippen LogP contribution in [0.1, 0.15) is 28.7 Å². The number of hydrogen-bond donors (Lipinski definition) is 3. The molecular weight excluding hydrogens is 383 g/mol. The van der Waals surface area contributed by atoms with Gasteiger partial charge in [0.1, 0.15) is 17.6 Å². The number of H-pyrrole nitrogens is 1. The number of halogens is 1. The first-order chi connectivity index (χ1) is 14.4. The minimum atomic E-state index is -0.751. The summed E-state index contributed by atoms with van der Waals surface area (Å²) in [4.78, 5) is 32.8. The number of nitrogens with zero attached hydrogens (tertiary/aromatic N) is 1. The number of fused-ring (bicyclic) bond motifs is 3. The summed E-state index contributed by atoms with van der Waals surface area (Å²) < 4.78 is 13.0. The van der Waals surface area contributed by atoms with E-state index < -0.39 is 11.9 Å². The van der Waals surface area contributed by atoms with E-state index in [0.717, 1.165) is 27.4 Å². The van der Waals surface area contributed by atoms with E-state index in [1.54, 1.807) is 25.1 Å². The van der Waals surface area contributed by atoms with Crippen molar-refractivity contribution < 1.29 is 14.0 Å². The summed E-state index contributed by atoms with van der Waals surface area (Å²) in [5.41, 5.74) is 3.59. The summed E-state index contributed by atoms with van der Waals surface area (Å²) in [7, 11) is 0. The fraction of sp³-hybridized carbons (Fsp3) is 0.174. The SMILES string of the molecule is Cc1nc(C(=O)N[C@@H](C)C(=O)NCc2ccc(F)cc2)cc2c1[nH]c1ccccc12. The number of carbonyl (C=O) groups excluding carboxylic acids is 2. The van der Waals surface area contributed by atoms with E-state index >= 15 is 0 Å². The number of aryl methyl sites for hydroxylation is 1. The third-order valence-electron chi connectivity index (χ3n) is 5.03. The van der Waals surface area contributed by atoms with Gasteiger partial charge in [0.2, 0.25) is 5.91 Å². The normalized spacial score (nSPS) is 12.1. The first-order valence-electron chi connectivity index (χ1n) is 9.63. The van der Waals surface area contributed by atoms with Gasteiger partial charge >= 0.3 is 0 Å². The zero-order valence-corrected chi connectivity index (χ0v) is 16.6. The van der Waals surface area contributed by atoms with E-state index in [2.05, 4.69) is 20.6 Å². The molecule has 0 fully saturated rings. The fourth-order valence-corrected chi connectivity index (χ4v) is 3.40. The number of hydrogen-bond acceptors (Lipinski definition) is 3. The first-order valence-corrected chi connectivity index (χ1v) is 9.63. The Morgan fingerprint density at radius 2 is 1.83 bits per heavy atom. The molecule has 30 heavy (non-hydrogen) atoms. The van der Waals surface area contributed by atoms with Crippen molar-refractivity contribution >= 4 is 33.6 Å². The molecule has 0 aliphatic carbocycles. The number of aromatic amines is 1. The van der Waals surface area contributed by atoms with Gasteiger partial charge in [-0.2, -0.15) is 0 Å². The van der Waals surface area contributed by atoms with Crippen LogP contribution < -0.4 is 10.6 Å². The molecule has 0 radical (unpaired) electrons. The quantitative estimate of drug-likeness (QED) is 0.475. The van der Waals surface area contributed by atoms with Crippen LogP contribution in [-0.2, 0) is 11.3 Å². The molecule has 2 heterocycles. The monoisotopic (exact) mass is 404 g/mol. The molecule has 0 saturated carbocycles. The van der Waals surface area contributed by atoms with Gasteiger partial charge in [0.05, 0.1) is 11.2 Å². The largest absolute Gasteiger partial charge is 0.353 e. The molecule has 0 bridgehead atoms. The van der Waals surface area contributed by atoms with Crippen LogP contribution in [0.3, 0.4) is 0 Å². The summed E-state index contributed by atoms with van der Waals surface area (Å²) in [6.07, 6.45) is 0. The third-order valence-corrected chi connectivity index (χ3v) is 5.03. The van der Waals surface area contributed by atoms with Crippen molar-refractivity contribution in [1.29, 1.82) is 0 Å².